The number of aromatic nitrogens is 2. The summed E-state index contributed by atoms with van der Waals surface area (Å²) in [5, 5.41) is 0.833. The second-order valence-electron chi connectivity index (χ2n) is 7.00. The first-order valence-corrected chi connectivity index (χ1v) is 10.3. The maximum Gasteiger partial charge on any atom is 0.233 e. The van der Waals surface area contributed by atoms with E-state index in [1.165, 1.54) is 22.9 Å². The number of aryl methyl sites for hydroxylation is 2. The third-order valence-corrected chi connectivity index (χ3v) is 6.28. The first kappa shape index (κ1) is 18.0. The molecule has 1 aliphatic rings. The Labute approximate surface area is 164 Å². The van der Waals surface area contributed by atoms with Crippen molar-refractivity contribution in [3.8, 4) is 0 Å². The summed E-state index contributed by atoms with van der Waals surface area (Å²) in [5.41, 5.74) is 5.30. The molecule has 27 heavy (non-hydrogen) atoms. The molecule has 0 unspecified atom stereocenters. The van der Waals surface area contributed by atoms with Crippen LogP contribution >= 0.6 is 11.8 Å². The summed E-state index contributed by atoms with van der Waals surface area (Å²) >= 11 is 1.48. The Morgan fingerprint density at radius 2 is 1.81 bits per heavy atom. The zero-order chi connectivity index (χ0) is 18.8. The van der Waals surface area contributed by atoms with Crippen molar-refractivity contribution < 1.29 is 4.79 Å². The number of rotatable bonds is 4. The Kier molecular flexibility index (Phi) is 5.12. The van der Waals surface area contributed by atoms with Crippen LogP contribution in [0.1, 0.15) is 35.7 Å². The molecule has 1 amide bonds. The maximum absolute atomic E-state index is 12.9. The summed E-state index contributed by atoms with van der Waals surface area (Å²) in [6.45, 7) is 1.95. The van der Waals surface area contributed by atoms with Gasteiger partial charge >= 0.3 is 0 Å². The number of nitrogens with zero attached hydrogens (tertiary/aromatic N) is 3. The molecule has 0 fully saturated rings. The number of hydrogen-bond acceptors (Lipinski definition) is 4. The highest BCUT2D eigenvalue weighted by Gasteiger charge is 2.26. The van der Waals surface area contributed by atoms with Gasteiger partial charge in [-0.2, -0.15) is 0 Å². The number of para-hydroxylation sites is 2. The molecule has 2 aromatic carbocycles. The number of amides is 1. The van der Waals surface area contributed by atoms with Crippen LogP contribution in [0.2, 0.25) is 0 Å². The quantitative estimate of drug-likeness (QED) is 0.625. The summed E-state index contributed by atoms with van der Waals surface area (Å²) < 4.78 is 0. The van der Waals surface area contributed by atoms with Gasteiger partial charge in [0, 0.05) is 7.05 Å². The predicted molar refractivity (Wildman–Crippen MR) is 110 cm³/mol. The lowest BCUT2D eigenvalue weighted by molar-refractivity contribution is -0.129. The monoisotopic (exact) mass is 377 g/mol. The topological polar surface area (TPSA) is 46.1 Å². The van der Waals surface area contributed by atoms with Gasteiger partial charge in [0.05, 0.1) is 28.5 Å². The summed E-state index contributed by atoms with van der Waals surface area (Å²) in [5.74, 6) is 0.513. The molecular formula is C22H23N3OS. The third-order valence-electron chi connectivity index (χ3n) is 5.23. The lowest BCUT2D eigenvalue weighted by Crippen LogP contribution is -2.34. The molecule has 0 saturated carbocycles. The number of fused-ring (bicyclic) bond motifs is 2. The van der Waals surface area contributed by atoms with Crippen molar-refractivity contribution in [1.29, 1.82) is 0 Å². The molecule has 0 spiro atoms. The van der Waals surface area contributed by atoms with Gasteiger partial charge in [0.1, 0.15) is 5.03 Å². The van der Waals surface area contributed by atoms with E-state index >= 15 is 0 Å². The van der Waals surface area contributed by atoms with Gasteiger partial charge < -0.3 is 4.90 Å². The molecule has 4 nitrogen and oxygen atoms in total. The van der Waals surface area contributed by atoms with E-state index in [0.717, 1.165) is 41.0 Å². The molecule has 1 aliphatic carbocycles. The highest BCUT2D eigenvalue weighted by Crippen LogP contribution is 2.34. The number of thioether (sulfide) groups is 1. The summed E-state index contributed by atoms with van der Waals surface area (Å²) in [6, 6.07) is 16.5. The summed E-state index contributed by atoms with van der Waals surface area (Å²) in [6.07, 6.45) is 3.26. The number of carbonyl (C=O) groups is 1. The highest BCUT2D eigenvalue weighted by molar-refractivity contribution is 7.99. The van der Waals surface area contributed by atoms with E-state index in [4.69, 9.17) is 0 Å². The van der Waals surface area contributed by atoms with Crippen molar-refractivity contribution >= 4 is 28.7 Å². The first-order chi connectivity index (χ1) is 13.1. The molecule has 1 atom stereocenters. The van der Waals surface area contributed by atoms with Crippen LogP contribution < -0.4 is 0 Å². The number of carbonyl (C=O) groups excluding carboxylic acids is 1. The molecule has 4 rings (SSSR count). The molecule has 138 valence electrons. The Balaban J connectivity index is 1.48. The molecule has 0 bridgehead atoms. The van der Waals surface area contributed by atoms with E-state index < -0.39 is 0 Å². The van der Waals surface area contributed by atoms with E-state index in [2.05, 4.69) is 34.2 Å². The van der Waals surface area contributed by atoms with Gasteiger partial charge in [-0.3, -0.25) is 4.79 Å². The van der Waals surface area contributed by atoms with Gasteiger partial charge in [0.2, 0.25) is 5.91 Å². The Bertz CT molecular complexity index is 988. The average Bonchev–Trinajstić information content (AvgIpc) is 2.71. The second kappa shape index (κ2) is 7.69. The van der Waals surface area contributed by atoms with Crippen LogP contribution in [0.5, 0.6) is 0 Å². The van der Waals surface area contributed by atoms with Crippen molar-refractivity contribution in [3.63, 3.8) is 0 Å². The first-order valence-electron chi connectivity index (χ1n) is 9.33. The van der Waals surface area contributed by atoms with E-state index in [0.29, 0.717) is 5.75 Å². The smallest absolute Gasteiger partial charge is 0.233 e. The second-order valence-corrected chi connectivity index (χ2v) is 7.97. The molecule has 3 aromatic rings. The van der Waals surface area contributed by atoms with E-state index in [1.54, 1.807) is 0 Å². The van der Waals surface area contributed by atoms with Gasteiger partial charge in [-0.15, -0.1) is 0 Å². The molecule has 0 N–H and O–H groups in total. The number of benzene rings is 2. The van der Waals surface area contributed by atoms with Crippen molar-refractivity contribution in [1.82, 2.24) is 14.9 Å². The maximum atomic E-state index is 12.9. The Hall–Kier alpha value is -2.40. The molecule has 0 radical (unpaired) electrons. The van der Waals surface area contributed by atoms with Crippen molar-refractivity contribution in [2.75, 3.05) is 12.8 Å². The van der Waals surface area contributed by atoms with Crippen LogP contribution in [-0.2, 0) is 11.2 Å². The van der Waals surface area contributed by atoms with Crippen LogP contribution in [0.4, 0.5) is 0 Å². The minimum absolute atomic E-state index is 0.135. The molecule has 0 aliphatic heterocycles. The van der Waals surface area contributed by atoms with Crippen LogP contribution in [0.25, 0.3) is 11.0 Å². The van der Waals surface area contributed by atoms with Gasteiger partial charge in [0.15, 0.2) is 0 Å². The Morgan fingerprint density at radius 3 is 2.63 bits per heavy atom. The molecule has 5 heteroatoms. The zero-order valence-electron chi connectivity index (χ0n) is 15.7. The fourth-order valence-corrected chi connectivity index (χ4v) is 4.63. The molecule has 1 aromatic heterocycles. The summed E-state index contributed by atoms with van der Waals surface area (Å²) in [7, 11) is 1.93. The van der Waals surface area contributed by atoms with Crippen LogP contribution in [-0.4, -0.2) is 33.6 Å². The SMILES string of the molecule is Cc1nc2ccccc2nc1SCC(=O)N(C)[C@@H]1CCCc2ccccc21. The molecular weight excluding hydrogens is 354 g/mol. The minimum atomic E-state index is 0.135. The summed E-state index contributed by atoms with van der Waals surface area (Å²) in [4.78, 5) is 24.1. The fraction of sp³-hybridized carbons (Fsp3) is 0.318. The fourth-order valence-electron chi connectivity index (χ4n) is 3.75. The minimum Gasteiger partial charge on any atom is -0.338 e. The van der Waals surface area contributed by atoms with Crippen molar-refractivity contribution in [2.24, 2.45) is 0 Å². The van der Waals surface area contributed by atoms with Crippen LogP contribution in [0.15, 0.2) is 53.6 Å². The molecule has 1 heterocycles. The highest BCUT2D eigenvalue weighted by atomic mass is 32.2. The average molecular weight is 378 g/mol. The van der Waals surface area contributed by atoms with Crippen molar-refractivity contribution in [3.05, 3.63) is 65.4 Å². The van der Waals surface area contributed by atoms with E-state index in [9.17, 15) is 4.79 Å². The molecule has 0 saturated heterocycles. The van der Waals surface area contributed by atoms with E-state index in [1.807, 2.05) is 43.1 Å². The number of hydrogen-bond donors (Lipinski definition) is 0. The predicted octanol–water partition coefficient (Wildman–Crippen LogP) is 4.57. The normalized spacial score (nSPS) is 16.1. The van der Waals surface area contributed by atoms with Crippen LogP contribution in [0.3, 0.4) is 0 Å². The van der Waals surface area contributed by atoms with Gasteiger partial charge in [-0.25, -0.2) is 9.97 Å². The van der Waals surface area contributed by atoms with Gasteiger partial charge in [0.25, 0.3) is 0 Å². The largest absolute Gasteiger partial charge is 0.338 e. The van der Waals surface area contributed by atoms with Gasteiger partial charge in [-0.05, 0) is 49.4 Å². The van der Waals surface area contributed by atoms with Crippen LogP contribution in [0, 0.1) is 6.92 Å². The lowest BCUT2D eigenvalue weighted by atomic mass is 9.87. The standard InChI is InChI=1S/C22H23N3OS/c1-15-22(24-19-12-6-5-11-18(19)23-15)27-14-21(26)25(2)20-13-7-9-16-8-3-4-10-17(16)20/h3-6,8,10-12,20H,7,9,13-14H2,1-2H3/t20-/m1/s1. The third kappa shape index (κ3) is 3.69. The Morgan fingerprint density at radius 1 is 1.11 bits per heavy atom. The van der Waals surface area contributed by atoms with E-state index in [-0.39, 0.29) is 11.9 Å². The van der Waals surface area contributed by atoms with Crippen molar-refractivity contribution in [2.45, 2.75) is 37.3 Å². The lowest BCUT2D eigenvalue weighted by Gasteiger charge is -2.33. The van der Waals surface area contributed by atoms with Gasteiger partial charge in [-0.1, -0.05) is 48.2 Å². The zero-order valence-corrected chi connectivity index (χ0v) is 16.5.